The molecule has 27 heavy (non-hydrogen) atoms. The lowest BCUT2D eigenvalue weighted by Gasteiger charge is -2.30. The van der Waals surface area contributed by atoms with Crippen LogP contribution in [-0.4, -0.2) is 33.6 Å². The molecule has 4 rings (SSSR count). The zero-order chi connectivity index (χ0) is 19.0. The van der Waals surface area contributed by atoms with Gasteiger partial charge in [0.1, 0.15) is 17.4 Å². The minimum atomic E-state index is -0.401. The molecule has 0 aliphatic carbocycles. The average Bonchev–Trinajstić information content (AvgIpc) is 2.66. The van der Waals surface area contributed by atoms with E-state index in [9.17, 15) is 9.59 Å². The molecule has 136 valence electrons. The van der Waals surface area contributed by atoms with Crippen LogP contribution < -0.4 is 10.2 Å². The van der Waals surface area contributed by atoms with Crippen molar-refractivity contribution in [1.29, 1.82) is 0 Å². The summed E-state index contributed by atoms with van der Waals surface area (Å²) < 4.78 is 0. The highest BCUT2D eigenvalue weighted by molar-refractivity contribution is 8.00. The standard InChI is InChI=1S/C20H18N4O2S/c1-12(27-19-14-7-3-4-8-15(14)21-13(2)22-19)20(26)24-11-18(25)23-16-9-5-6-10-17(16)24/h3-10,12H,11H2,1-2H3,(H,23,25)/t12-/m0/s1. The van der Waals surface area contributed by atoms with Crippen LogP contribution in [0.2, 0.25) is 0 Å². The SMILES string of the molecule is Cc1nc(S[C@@H](C)C(=O)N2CC(=O)Nc3ccccc32)c2ccccc2n1. The predicted octanol–water partition coefficient (Wildman–Crippen LogP) is 3.40. The smallest absolute Gasteiger partial charge is 0.244 e. The number of nitrogens with zero attached hydrogens (tertiary/aromatic N) is 3. The fraction of sp³-hybridized carbons (Fsp3) is 0.200. The number of rotatable bonds is 3. The molecule has 0 radical (unpaired) electrons. The first kappa shape index (κ1) is 17.5. The number of hydrogen-bond donors (Lipinski definition) is 1. The van der Waals surface area contributed by atoms with Crippen LogP contribution in [0.1, 0.15) is 12.7 Å². The molecule has 0 bridgehead atoms. The van der Waals surface area contributed by atoms with Crippen molar-refractivity contribution in [2.75, 3.05) is 16.8 Å². The number of fused-ring (bicyclic) bond motifs is 2. The van der Waals surface area contributed by atoms with Crippen LogP contribution in [0.4, 0.5) is 11.4 Å². The van der Waals surface area contributed by atoms with E-state index >= 15 is 0 Å². The number of aryl methyl sites for hydroxylation is 1. The van der Waals surface area contributed by atoms with Crippen LogP contribution in [-0.2, 0) is 9.59 Å². The fourth-order valence-corrected chi connectivity index (χ4v) is 4.16. The molecule has 3 aromatic rings. The largest absolute Gasteiger partial charge is 0.323 e. The highest BCUT2D eigenvalue weighted by Gasteiger charge is 2.30. The lowest BCUT2D eigenvalue weighted by molar-refractivity contribution is -0.121. The summed E-state index contributed by atoms with van der Waals surface area (Å²) in [6.07, 6.45) is 0. The quantitative estimate of drug-likeness (QED) is 0.558. The minimum Gasteiger partial charge on any atom is -0.323 e. The van der Waals surface area contributed by atoms with Gasteiger partial charge >= 0.3 is 0 Å². The molecule has 7 heteroatoms. The maximum Gasteiger partial charge on any atom is 0.244 e. The van der Waals surface area contributed by atoms with Crippen LogP contribution in [0, 0.1) is 6.92 Å². The second-order valence-electron chi connectivity index (χ2n) is 6.34. The molecule has 1 aromatic heterocycles. The van der Waals surface area contributed by atoms with Crippen LogP contribution in [0.3, 0.4) is 0 Å². The summed E-state index contributed by atoms with van der Waals surface area (Å²) in [6, 6.07) is 15.1. The van der Waals surface area contributed by atoms with Crippen LogP contribution >= 0.6 is 11.8 Å². The third-order valence-electron chi connectivity index (χ3n) is 4.35. The average molecular weight is 378 g/mol. The number of anilines is 2. The predicted molar refractivity (Wildman–Crippen MR) is 107 cm³/mol. The summed E-state index contributed by atoms with van der Waals surface area (Å²) in [5, 5.41) is 4.10. The highest BCUT2D eigenvalue weighted by atomic mass is 32.2. The van der Waals surface area contributed by atoms with E-state index in [0.29, 0.717) is 11.5 Å². The number of carbonyl (C=O) groups is 2. The third kappa shape index (κ3) is 3.38. The van der Waals surface area contributed by atoms with Gasteiger partial charge in [-0.2, -0.15) is 0 Å². The van der Waals surface area contributed by atoms with E-state index in [1.54, 1.807) is 11.0 Å². The summed E-state index contributed by atoms with van der Waals surface area (Å²) >= 11 is 1.39. The van der Waals surface area contributed by atoms with Crippen molar-refractivity contribution in [2.24, 2.45) is 0 Å². The topological polar surface area (TPSA) is 75.2 Å². The Kier molecular flexibility index (Phi) is 4.53. The maximum absolute atomic E-state index is 13.1. The number of para-hydroxylation sites is 3. The van der Waals surface area contributed by atoms with Gasteiger partial charge in [0, 0.05) is 5.39 Å². The van der Waals surface area contributed by atoms with Gasteiger partial charge in [0.2, 0.25) is 11.8 Å². The highest BCUT2D eigenvalue weighted by Crippen LogP contribution is 2.33. The number of aromatic nitrogens is 2. The van der Waals surface area contributed by atoms with E-state index in [1.165, 1.54) is 11.8 Å². The van der Waals surface area contributed by atoms with Gasteiger partial charge in [-0.3, -0.25) is 14.5 Å². The molecule has 0 unspecified atom stereocenters. The van der Waals surface area contributed by atoms with E-state index in [0.717, 1.165) is 21.6 Å². The van der Waals surface area contributed by atoms with Crippen molar-refractivity contribution in [1.82, 2.24) is 9.97 Å². The molecule has 0 spiro atoms. The molecule has 1 aliphatic heterocycles. The Bertz CT molecular complexity index is 1050. The van der Waals surface area contributed by atoms with E-state index in [-0.39, 0.29) is 18.4 Å². The number of benzene rings is 2. The van der Waals surface area contributed by atoms with Gasteiger partial charge in [-0.15, -0.1) is 0 Å². The van der Waals surface area contributed by atoms with Crippen molar-refractivity contribution in [3.63, 3.8) is 0 Å². The van der Waals surface area contributed by atoms with Gasteiger partial charge < -0.3 is 5.32 Å². The Hall–Kier alpha value is -2.93. The number of carbonyl (C=O) groups excluding carboxylic acids is 2. The Balaban J connectivity index is 1.64. The summed E-state index contributed by atoms with van der Waals surface area (Å²) in [4.78, 5) is 35.6. The van der Waals surface area contributed by atoms with Crippen molar-refractivity contribution in [3.8, 4) is 0 Å². The molecule has 2 heterocycles. The third-order valence-corrected chi connectivity index (χ3v) is 5.44. The first-order chi connectivity index (χ1) is 13.0. The molecular weight excluding hydrogens is 360 g/mol. The van der Waals surface area contributed by atoms with Crippen LogP contribution in [0.15, 0.2) is 53.6 Å². The van der Waals surface area contributed by atoms with Crippen LogP contribution in [0.25, 0.3) is 10.9 Å². The second-order valence-corrected chi connectivity index (χ2v) is 7.67. The van der Waals surface area contributed by atoms with Crippen molar-refractivity contribution < 1.29 is 9.59 Å². The summed E-state index contributed by atoms with van der Waals surface area (Å²) in [5.41, 5.74) is 2.23. The molecule has 2 aromatic carbocycles. The van der Waals surface area contributed by atoms with Crippen molar-refractivity contribution in [3.05, 3.63) is 54.4 Å². The number of thioether (sulfide) groups is 1. The van der Waals surface area contributed by atoms with Gasteiger partial charge in [0.05, 0.1) is 22.1 Å². The molecule has 1 aliphatic rings. The molecule has 0 fully saturated rings. The molecule has 0 saturated carbocycles. The number of nitrogens with one attached hydrogen (secondary N) is 1. The Morgan fingerprint density at radius 3 is 2.74 bits per heavy atom. The normalized spacial score (nSPS) is 14.6. The molecular formula is C20H18N4O2S. The second kappa shape index (κ2) is 7.00. The van der Waals surface area contributed by atoms with E-state index < -0.39 is 5.25 Å². The molecule has 1 N–H and O–H groups in total. The lowest BCUT2D eigenvalue weighted by Crippen LogP contribution is -2.45. The summed E-state index contributed by atoms with van der Waals surface area (Å²) in [6.45, 7) is 3.70. The first-order valence-corrected chi connectivity index (χ1v) is 9.51. The van der Waals surface area contributed by atoms with Gasteiger partial charge in [-0.25, -0.2) is 9.97 Å². The van der Waals surface area contributed by atoms with Gasteiger partial charge in [0.15, 0.2) is 0 Å². The first-order valence-electron chi connectivity index (χ1n) is 8.63. The van der Waals surface area contributed by atoms with Crippen molar-refractivity contribution in [2.45, 2.75) is 24.1 Å². The van der Waals surface area contributed by atoms with Crippen LogP contribution in [0.5, 0.6) is 0 Å². The maximum atomic E-state index is 13.1. The van der Waals surface area contributed by atoms with Gasteiger partial charge in [-0.05, 0) is 32.0 Å². The van der Waals surface area contributed by atoms with E-state index in [2.05, 4.69) is 15.3 Å². The summed E-state index contributed by atoms with van der Waals surface area (Å²) in [5.74, 6) is 0.351. The summed E-state index contributed by atoms with van der Waals surface area (Å²) in [7, 11) is 0. The number of hydrogen-bond acceptors (Lipinski definition) is 5. The van der Waals surface area contributed by atoms with Gasteiger partial charge in [0.25, 0.3) is 0 Å². The zero-order valence-corrected chi connectivity index (χ0v) is 15.8. The minimum absolute atomic E-state index is 0.0182. The Labute approximate surface area is 161 Å². The molecule has 0 saturated heterocycles. The lowest BCUT2D eigenvalue weighted by atomic mass is 10.2. The fourth-order valence-electron chi connectivity index (χ4n) is 3.12. The van der Waals surface area contributed by atoms with E-state index in [1.807, 2.05) is 56.3 Å². The van der Waals surface area contributed by atoms with E-state index in [4.69, 9.17) is 0 Å². The monoisotopic (exact) mass is 378 g/mol. The Morgan fingerprint density at radius 1 is 1.15 bits per heavy atom. The van der Waals surface area contributed by atoms with Gasteiger partial charge in [-0.1, -0.05) is 42.1 Å². The Morgan fingerprint density at radius 2 is 1.89 bits per heavy atom. The molecule has 1 atom stereocenters. The molecule has 6 nitrogen and oxygen atoms in total. The number of amides is 2. The molecule has 2 amide bonds. The van der Waals surface area contributed by atoms with Crippen molar-refractivity contribution >= 4 is 45.9 Å². The zero-order valence-electron chi connectivity index (χ0n) is 15.0.